The topological polar surface area (TPSA) is 91.9 Å². The van der Waals surface area contributed by atoms with Gasteiger partial charge in [-0.3, -0.25) is 4.79 Å². The van der Waals surface area contributed by atoms with Crippen molar-refractivity contribution in [1.29, 1.82) is 0 Å². The lowest BCUT2D eigenvalue weighted by Crippen LogP contribution is -2.44. The number of benzene rings is 3. The van der Waals surface area contributed by atoms with Gasteiger partial charge in [0.05, 0.1) is 0 Å². The highest BCUT2D eigenvalue weighted by Gasteiger charge is 2.16. The molecule has 1 aromatic heterocycles. The molecule has 10 nitrogen and oxygen atoms in total. The van der Waals surface area contributed by atoms with Gasteiger partial charge in [-0.05, 0) is 93.8 Å². The Labute approximate surface area is 259 Å². The predicted octanol–water partition coefficient (Wildman–Crippen LogP) is 5.03. The van der Waals surface area contributed by atoms with Crippen molar-refractivity contribution < 1.29 is 4.79 Å². The molecule has 0 aliphatic carbocycles. The summed E-state index contributed by atoms with van der Waals surface area (Å²) in [5.74, 6) is 1.06. The van der Waals surface area contributed by atoms with Crippen molar-refractivity contribution in [2.75, 3.05) is 92.2 Å². The molecule has 2 fully saturated rings. The molecule has 0 unspecified atom stereocenters. The monoisotopic (exact) mass is 591 g/mol. The second-order valence-electron chi connectivity index (χ2n) is 11.7. The molecule has 0 spiro atoms. The second kappa shape index (κ2) is 13.3. The van der Waals surface area contributed by atoms with E-state index in [-0.39, 0.29) is 5.91 Å². The lowest BCUT2D eigenvalue weighted by atomic mass is 10.2. The summed E-state index contributed by atoms with van der Waals surface area (Å²) in [6, 6.07) is 23.9. The van der Waals surface area contributed by atoms with Crippen LogP contribution in [0, 0.1) is 6.92 Å². The Hall–Kier alpha value is -4.67. The number of carbonyl (C=O) groups is 1. The van der Waals surface area contributed by atoms with Crippen LogP contribution in [0.15, 0.2) is 79.0 Å². The quantitative estimate of drug-likeness (QED) is 0.261. The van der Waals surface area contributed by atoms with Gasteiger partial charge in [0, 0.05) is 98.1 Å². The molecule has 1 amide bonds. The van der Waals surface area contributed by atoms with E-state index in [2.05, 4.69) is 91.0 Å². The number of aryl methyl sites for hydroxylation is 1. The van der Waals surface area contributed by atoms with Crippen LogP contribution in [0.2, 0.25) is 0 Å². The van der Waals surface area contributed by atoms with Gasteiger partial charge in [-0.1, -0.05) is 0 Å². The minimum absolute atomic E-state index is 0.152. The zero-order chi connectivity index (χ0) is 30.5. The van der Waals surface area contributed by atoms with Gasteiger partial charge in [0.1, 0.15) is 5.82 Å². The molecule has 0 saturated carbocycles. The number of nitrogens with one attached hydrogen (secondary N) is 3. The summed E-state index contributed by atoms with van der Waals surface area (Å²) in [7, 11) is 4.32. The van der Waals surface area contributed by atoms with Crippen molar-refractivity contribution in [3.63, 3.8) is 0 Å². The number of anilines is 7. The molecule has 0 atom stereocenters. The molecule has 4 aromatic rings. The van der Waals surface area contributed by atoms with Crippen LogP contribution in [0.5, 0.6) is 0 Å². The van der Waals surface area contributed by atoms with E-state index in [9.17, 15) is 4.79 Å². The first-order valence-electron chi connectivity index (χ1n) is 15.3. The Morgan fingerprint density at radius 3 is 1.66 bits per heavy atom. The first kappa shape index (κ1) is 29.4. The van der Waals surface area contributed by atoms with E-state index < -0.39 is 0 Å². The van der Waals surface area contributed by atoms with E-state index in [4.69, 9.17) is 4.98 Å². The summed E-state index contributed by atoms with van der Waals surface area (Å²) in [5.41, 5.74) is 6.48. The molecule has 0 bridgehead atoms. The molecular formula is C34H41N9O. The fraction of sp³-hybridized carbons (Fsp3) is 0.324. The molecule has 2 saturated heterocycles. The van der Waals surface area contributed by atoms with Gasteiger partial charge in [-0.15, -0.1) is 0 Å². The lowest BCUT2D eigenvalue weighted by molar-refractivity contribution is 0.102. The molecule has 3 N–H and O–H groups in total. The van der Waals surface area contributed by atoms with Gasteiger partial charge >= 0.3 is 0 Å². The Morgan fingerprint density at radius 1 is 0.636 bits per heavy atom. The Balaban J connectivity index is 1.04. The number of hydrogen-bond donors (Lipinski definition) is 3. The molecule has 228 valence electrons. The maximum atomic E-state index is 12.9. The molecule has 10 heteroatoms. The van der Waals surface area contributed by atoms with Gasteiger partial charge in [0.15, 0.2) is 0 Å². The zero-order valence-corrected chi connectivity index (χ0v) is 25.8. The van der Waals surface area contributed by atoms with Crippen molar-refractivity contribution in [3.05, 3.63) is 90.1 Å². The fourth-order valence-corrected chi connectivity index (χ4v) is 5.44. The number of carbonyl (C=O) groups excluding carboxylic acids is 1. The van der Waals surface area contributed by atoms with E-state index >= 15 is 0 Å². The van der Waals surface area contributed by atoms with Crippen LogP contribution in [0.25, 0.3) is 0 Å². The number of rotatable bonds is 8. The molecule has 0 radical (unpaired) electrons. The van der Waals surface area contributed by atoms with E-state index in [0.717, 1.165) is 80.8 Å². The first-order valence-corrected chi connectivity index (χ1v) is 15.3. The summed E-state index contributed by atoms with van der Waals surface area (Å²) in [6.07, 6.45) is 1.80. The Morgan fingerprint density at radius 2 is 1.11 bits per heavy atom. The number of nitrogens with zero attached hydrogens (tertiary/aromatic N) is 6. The van der Waals surface area contributed by atoms with Crippen molar-refractivity contribution in [2.45, 2.75) is 6.92 Å². The molecular weight excluding hydrogens is 550 g/mol. The minimum atomic E-state index is -0.152. The SMILES string of the molecule is Cc1cnc(Nc2ccc(C(=O)Nc3ccc(N4CCN(C)CC4)cc3)cc2)nc1Nc1ccc(N2CCN(C)CC2)cc1. The van der Waals surface area contributed by atoms with E-state index in [1.807, 2.05) is 31.2 Å². The van der Waals surface area contributed by atoms with Crippen LogP contribution < -0.4 is 25.8 Å². The number of piperazine rings is 2. The third kappa shape index (κ3) is 7.27. The highest BCUT2D eigenvalue weighted by atomic mass is 16.1. The van der Waals surface area contributed by atoms with E-state index in [0.29, 0.717) is 11.5 Å². The largest absolute Gasteiger partial charge is 0.369 e. The van der Waals surface area contributed by atoms with Gasteiger partial charge in [-0.25, -0.2) is 4.98 Å². The minimum Gasteiger partial charge on any atom is -0.369 e. The third-order valence-electron chi connectivity index (χ3n) is 8.37. The molecule has 44 heavy (non-hydrogen) atoms. The number of hydrogen-bond acceptors (Lipinski definition) is 9. The zero-order valence-electron chi connectivity index (χ0n) is 25.8. The third-order valence-corrected chi connectivity index (χ3v) is 8.37. The summed E-state index contributed by atoms with van der Waals surface area (Å²) < 4.78 is 0. The molecule has 3 heterocycles. The van der Waals surface area contributed by atoms with Gasteiger partial charge in [-0.2, -0.15) is 4.98 Å². The molecule has 2 aliphatic heterocycles. The number of amides is 1. The van der Waals surface area contributed by atoms with Crippen LogP contribution in [0.4, 0.5) is 40.2 Å². The standard InChI is InChI=1S/C34H41N9O/c1-25-24-35-34(39-32(25)36-27-8-12-30(13-9-27)42-20-16-40(2)17-21-42)38-29-6-4-26(5-7-29)33(44)37-28-10-14-31(15-11-28)43-22-18-41(3)19-23-43/h4-15,24H,16-23H2,1-3H3,(H,37,44)(H2,35,36,38,39). The molecule has 2 aliphatic rings. The van der Waals surface area contributed by atoms with Gasteiger partial charge < -0.3 is 35.6 Å². The highest BCUT2D eigenvalue weighted by Crippen LogP contribution is 2.25. The van der Waals surface area contributed by atoms with Crippen LogP contribution in [0.1, 0.15) is 15.9 Å². The van der Waals surface area contributed by atoms with Crippen LogP contribution in [-0.2, 0) is 0 Å². The summed E-state index contributed by atoms with van der Waals surface area (Å²) in [6.45, 7) is 10.4. The van der Waals surface area contributed by atoms with E-state index in [1.165, 1.54) is 11.4 Å². The van der Waals surface area contributed by atoms with Crippen molar-refractivity contribution in [3.8, 4) is 0 Å². The highest BCUT2D eigenvalue weighted by molar-refractivity contribution is 6.04. The normalized spacial score (nSPS) is 16.1. The van der Waals surface area contributed by atoms with Crippen LogP contribution in [0.3, 0.4) is 0 Å². The number of aromatic nitrogens is 2. The van der Waals surface area contributed by atoms with Gasteiger partial charge in [0.25, 0.3) is 5.91 Å². The number of likely N-dealkylation sites (N-methyl/N-ethyl adjacent to an activating group) is 2. The lowest BCUT2D eigenvalue weighted by Gasteiger charge is -2.34. The second-order valence-corrected chi connectivity index (χ2v) is 11.7. The average molecular weight is 592 g/mol. The molecule has 6 rings (SSSR count). The summed E-state index contributed by atoms with van der Waals surface area (Å²) in [4.78, 5) is 31.6. The summed E-state index contributed by atoms with van der Waals surface area (Å²) in [5, 5.41) is 9.69. The predicted molar refractivity (Wildman–Crippen MR) is 180 cm³/mol. The van der Waals surface area contributed by atoms with Crippen LogP contribution >= 0.6 is 0 Å². The molecule has 3 aromatic carbocycles. The fourth-order valence-electron chi connectivity index (χ4n) is 5.44. The smallest absolute Gasteiger partial charge is 0.255 e. The van der Waals surface area contributed by atoms with Crippen molar-refractivity contribution in [1.82, 2.24) is 19.8 Å². The van der Waals surface area contributed by atoms with Crippen molar-refractivity contribution in [2.24, 2.45) is 0 Å². The first-order chi connectivity index (χ1) is 21.4. The maximum absolute atomic E-state index is 12.9. The Bertz CT molecular complexity index is 1540. The van der Waals surface area contributed by atoms with E-state index in [1.54, 1.807) is 18.3 Å². The van der Waals surface area contributed by atoms with Gasteiger partial charge in [0.2, 0.25) is 5.95 Å². The Kier molecular flexibility index (Phi) is 8.90. The maximum Gasteiger partial charge on any atom is 0.255 e. The summed E-state index contributed by atoms with van der Waals surface area (Å²) >= 11 is 0. The van der Waals surface area contributed by atoms with Crippen LogP contribution in [-0.4, -0.2) is 92.1 Å². The van der Waals surface area contributed by atoms with Crippen molar-refractivity contribution >= 4 is 46.1 Å². The average Bonchev–Trinajstić information content (AvgIpc) is 3.04.